The van der Waals surface area contributed by atoms with Crippen molar-refractivity contribution in [2.24, 2.45) is 0 Å². The maximum Gasteiger partial charge on any atom is 0.147 e. The summed E-state index contributed by atoms with van der Waals surface area (Å²) < 4.78 is 16.3. The molecule has 1 fully saturated rings. The second-order valence-electron chi connectivity index (χ2n) is 5.13. The second-order valence-corrected chi connectivity index (χ2v) is 5.13. The molecule has 20 heavy (non-hydrogen) atoms. The Hall–Kier alpha value is 0.892. The van der Waals surface area contributed by atoms with Crippen molar-refractivity contribution in [3.05, 3.63) is 6.61 Å². The molecule has 1 saturated heterocycles. The van der Waals surface area contributed by atoms with Crippen LogP contribution in [-0.4, -0.2) is 36.8 Å². The molecule has 0 spiro atoms. The zero-order valence-electron chi connectivity index (χ0n) is 12.8. The summed E-state index contributed by atoms with van der Waals surface area (Å²) in [6.07, 6.45) is 7.40. The van der Waals surface area contributed by atoms with Crippen LogP contribution in [0.1, 0.15) is 58.8 Å². The molecule has 3 atom stereocenters. The molecule has 1 unspecified atom stereocenters. The van der Waals surface area contributed by atoms with Crippen molar-refractivity contribution in [2.45, 2.75) is 77.1 Å². The third-order valence-electron chi connectivity index (χ3n) is 3.48. The van der Waals surface area contributed by atoms with E-state index in [2.05, 4.69) is 6.92 Å². The van der Waals surface area contributed by atoms with E-state index in [1.165, 1.54) is 38.7 Å². The Kier molecular flexibility index (Phi) is 14.2. The van der Waals surface area contributed by atoms with Gasteiger partial charge < -0.3 is 19.3 Å². The van der Waals surface area contributed by atoms with Gasteiger partial charge in [0.2, 0.25) is 0 Å². The minimum Gasteiger partial charge on any atom is -0.545 e. The van der Waals surface area contributed by atoms with E-state index in [-0.39, 0.29) is 50.1 Å². The van der Waals surface area contributed by atoms with Gasteiger partial charge >= 0.3 is 0 Å². The van der Waals surface area contributed by atoms with E-state index >= 15 is 0 Å². The van der Waals surface area contributed by atoms with E-state index in [0.717, 1.165) is 19.4 Å². The zero-order valence-corrected chi connectivity index (χ0v) is 17.0. The number of rotatable bonds is 11. The molecule has 1 rings (SSSR count). The molecular weight excluding hydrogens is 482 g/mol. The zero-order chi connectivity index (χ0) is 13.9. The van der Waals surface area contributed by atoms with Crippen molar-refractivity contribution < 1.29 is 50.4 Å². The van der Waals surface area contributed by atoms with Gasteiger partial charge in [-0.25, -0.2) is 0 Å². The molecule has 4 nitrogen and oxygen atoms in total. The van der Waals surface area contributed by atoms with E-state index in [1.807, 2.05) is 6.92 Å². The molecule has 1 heterocycles. The van der Waals surface area contributed by atoms with Gasteiger partial charge in [0.15, 0.2) is 0 Å². The van der Waals surface area contributed by atoms with Gasteiger partial charge in [-0.2, -0.15) is 6.61 Å². The molecule has 0 amide bonds. The Balaban J connectivity index is 0.00000361. The molecule has 5 heteroatoms. The monoisotopic (exact) mass is 511 g/mol. The van der Waals surface area contributed by atoms with E-state index in [1.54, 1.807) is 0 Å². The fraction of sp³-hybridized carbons (Fsp3) is 0.933. The molecule has 0 aromatic carbocycles. The van der Waals surface area contributed by atoms with Gasteiger partial charge in [0.1, 0.15) is 6.79 Å². The van der Waals surface area contributed by atoms with Crippen LogP contribution >= 0.6 is 0 Å². The van der Waals surface area contributed by atoms with Crippen LogP contribution in [0.4, 0.5) is 0 Å². The van der Waals surface area contributed by atoms with Crippen molar-refractivity contribution in [3.8, 4) is 0 Å². The van der Waals surface area contributed by atoms with E-state index in [0.29, 0.717) is 0 Å². The van der Waals surface area contributed by atoms with Crippen LogP contribution in [0.5, 0.6) is 0 Å². The largest absolute Gasteiger partial charge is 0.545 e. The maximum atomic E-state index is 9.65. The van der Waals surface area contributed by atoms with Gasteiger partial charge in [-0.15, -0.1) is 0 Å². The predicted octanol–water partition coefficient (Wildman–Crippen LogP) is 3.04. The molecule has 0 aromatic rings. The number of hydrogen-bond donors (Lipinski definition) is 1. The standard InChI is InChI=1S/C15H29O4.U/c1-3-5-6-7-8-9-10-17-12-19-15-13(16)11-18-14(15)4-2;/h11,13-16H,3-10,12H2,1-2H3;/q-1;/t13?,14-,15-;/m1./s1. The average molecular weight is 511 g/mol. The Morgan fingerprint density at radius 3 is 2.50 bits per heavy atom. The normalized spacial score (nSPS) is 25.6. The molecular formula is C15H29O4U-. The average Bonchev–Trinajstić information content (AvgIpc) is 2.77. The SMILES string of the molecule is CCCCCCCCOCO[C@@H]1C(O)[CH-]O[C@@H]1CC.[U]. The first kappa shape index (κ1) is 20.9. The number of aliphatic hydroxyl groups is 1. The Bertz CT molecular complexity index is 216. The Labute approximate surface area is 147 Å². The van der Waals surface area contributed by atoms with Crippen LogP contribution in [0.3, 0.4) is 0 Å². The molecule has 1 aliphatic heterocycles. The second kappa shape index (κ2) is 13.5. The Morgan fingerprint density at radius 1 is 1.10 bits per heavy atom. The number of unbranched alkanes of at least 4 members (excludes halogenated alkanes) is 5. The minimum atomic E-state index is -0.636. The van der Waals surface area contributed by atoms with Crippen LogP contribution in [0.25, 0.3) is 0 Å². The van der Waals surface area contributed by atoms with Crippen molar-refractivity contribution >= 4 is 0 Å². The van der Waals surface area contributed by atoms with Crippen molar-refractivity contribution in [1.82, 2.24) is 0 Å². The predicted molar refractivity (Wildman–Crippen MR) is 74.5 cm³/mol. The molecule has 0 aliphatic carbocycles. The van der Waals surface area contributed by atoms with Gasteiger partial charge in [0, 0.05) is 43.8 Å². The fourth-order valence-corrected chi connectivity index (χ4v) is 2.26. The van der Waals surface area contributed by atoms with Crippen LogP contribution in [-0.2, 0) is 14.2 Å². The summed E-state index contributed by atoms with van der Waals surface area (Å²) in [6.45, 7) is 6.67. The van der Waals surface area contributed by atoms with E-state index < -0.39 is 6.10 Å². The molecule has 0 saturated carbocycles. The molecule has 1 N–H and O–H groups in total. The third-order valence-corrected chi connectivity index (χ3v) is 3.48. The summed E-state index contributed by atoms with van der Waals surface area (Å²) in [6, 6.07) is 0. The summed E-state index contributed by atoms with van der Waals surface area (Å²) in [4.78, 5) is 0. The molecule has 1 aliphatic rings. The quantitative estimate of drug-likeness (QED) is 0.263. The molecule has 118 valence electrons. The molecule has 0 radical (unpaired) electrons. The van der Waals surface area contributed by atoms with Gasteiger partial charge in [0.25, 0.3) is 0 Å². The van der Waals surface area contributed by atoms with Gasteiger partial charge in [-0.3, -0.25) is 0 Å². The van der Waals surface area contributed by atoms with Gasteiger partial charge in [-0.05, 0) is 18.9 Å². The van der Waals surface area contributed by atoms with Gasteiger partial charge in [0.05, 0.1) is 6.10 Å². The van der Waals surface area contributed by atoms with Crippen LogP contribution in [0.15, 0.2) is 0 Å². The maximum absolute atomic E-state index is 9.65. The summed E-state index contributed by atoms with van der Waals surface area (Å²) in [5, 5.41) is 9.65. The molecule has 0 bridgehead atoms. The first-order chi connectivity index (χ1) is 9.29. The summed E-state index contributed by atoms with van der Waals surface area (Å²) in [7, 11) is 0. The van der Waals surface area contributed by atoms with Crippen molar-refractivity contribution in [1.29, 1.82) is 0 Å². The minimum absolute atomic E-state index is 0. The van der Waals surface area contributed by atoms with Gasteiger partial charge in [-0.1, -0.05) is 46.0 Å². The van der Waals surface area contributed by atoms with E-state index in [4.69, 9.17) is 14.2 Å². The number of aliphatic hydroxyl groups excluding tert-OH is 1. The number of hydrogen-bond acceptors (Lipinski definition) is 4. The topological polar surface area (TPSA) is 47.9 Å². The fourth-order valence-electron chi connectivity index (χ4n) is 2.26. The number of ether oxygens (including phenoxy) is 3. The van der Waals surface area contributed by atoms with E-state index in [9.17, 15) is 5.11 Å². The third kappa shape index (κ3) is 8.36. The first-order valence-corrected chi connectivity index (χ1v) is 7.65. The van der Waals surface area contributed by atoms with Crippen LogP contribution in [0, 0.1) is 37.7 Å². The van der Waals surface area contributed by atoms with Crippen LogP contribution < -0.4 is 0 Å². The van der Waals surface area contributed by atoms with Crippen molar-refractivity contribution in [2.75, 3.05) is 13.4 Å². The molecule has 0 aromatic heterocycles. The first-order valence-electron chi connectivity index (χ1n) is 7.65. The summed E-state index contributed by atoms with van der Waals surface area (Å²) in [5.41, 5.74) is 0. The summed E-state index contributed by atoms with van der Waals surface area (Å²) >= 11 is 0. The summed E-state index contributed by atoms with van der Waals surface area (Å²) in [5.74, 6) is 0. The van der Waals surface area contributed by atoms with Crippen molar-refractivity contribution in [3.63, 3.8) is 0 Å². The van der Waals surface area contributed by atoms with Crippen LogP contribution in [0.2, 0.25) is 0 Å². The smallest absolute Gasteiger partial charge is 0.147 e. The Morgan fingerprint density at radius 2 is 1.80 bits per heavy atom.